The molecule has 0 saturated carbocycles. The molecule has 6 heteroatoms. The highest BCUT2D eigenvalue weighted by atomic mass is 16.2. The fraction of sp³-hybridized carbons (Fsp3) is 0.400. The van der Waals surface area contributed by atoms with Crippen LogP contribution in [0.1, 0.15) is 26.2 Å². The van der Waals surface area contributed by atoms with Gasteiger partial charge in [0, 0.05) is 59.8 Å². The maximum Gasteiger partial charge on any atom is 0.323 e. The third-order valence-corrected chi connectivity index (χ3v) is 6.08. The molecule has 1 aromatic heterocycles. The SMILES string of the molecule is CC1CCCCN1c1ccc(NC(=O)Nc2ccc3c(ccn3CCN(C)C)c2)cc1. The number of hydrogen-bond donors (Lipinski definition) is 2. The monoisotopic (exact) mass is 419 g/mol. The van der Waals surface area contributed by atoms with Crippen LogP contribution >= 0.6 is 0 Å². The average Bonchev–Trinajstić information content (AvgIpc) is 3.15. The van der Waals surface area contributed by atoms with E-state index >= 15 is 0 Å². The molecule has 1 aliphatic heterocycles. The molecule has 1 aliphatic rings. The average molecular weight is 420 g/mol. The Morgan fingerprint density at radius 2 is 1.77 bits per heavy atom. The van der Waals surface area contributed by atoms with Crippen molar-refractivity contribution < 1.29 is 4.79 Å². The molecule has 2 heterocycles. The number of anilines is 3. The van der Waals surface area contributed by atoms with Gasteiger partial charge in [-0.05, 0) is 88.8 Å². The lowest BCUT2D eigenvalue weighted by atomic mass is 10.0. The van der Waals surface area contributed by atoms with Crippen LogP contribution in [-0.4, -0.2) is 48.7 Å². The molecule has 6 nitrogen and oxygen atoms in total. The molecule has 3 aromatic rings. The van der Waals surface area contributed by atoms with Crippen LogP contribution in [0.25, 0.3) is 10.9 Å². The van der Waals surface area contributed by atoms with Crippen LogP contribution in [0.3, 0.4) is 0 Å². The van der Waals surface area contributed by atoms with Crippen LogP contribution < -0.4 is 15.5 Å². The van der Waals surface area contributed by atoms with Crippen molar-refractivity contribution in [2.24, 2.45) is 0 Å². The number of hydrogen-bond acceptors (Lipinski definition) is 3. The minimum absolute atomic E-state index is 0.231. The summed E-state index contributed by atoms with van der Waals surface area (Å²) in [5, 5.41) is 7.01. The van der Waals surface area contributed by atoms with Gasteiger partial charge in [-0.1, -0.05) is 0 Å². The predicted octanol–water partition coefficient (Wildman–Crippen LogP) is 5.23. The lowest BCUT2D eigenvalue weighted by Gasteiger charge is -2.35. The van der Waals surface area contributed by atoms with Gasteiger partial charge in [-0.2, -0.15) is 0 Å². The minimum atomic E-state index is -0.231. The summed E-state index contributed by atoms with van der Waals surface area (Å²) in [5.41, 5.74) is 3.98. The number of aromatic nitrogens is 1. The highest BCUT2D eigenvalue weighted by Gasteiger charge is 2.18. The van der Waals surface area contributed by atoms with Crippen molar-refractivity contribution in [2.75, 3.05) is 42.7 Å². The first-order valence-corrected chi connectivity index (χ1v) is 11.2. The molecule has 2 aromatic carbocycles. The number of likely N-dealkylation sites (N-methyl/N-ethyl adjacent to an activating group) is 1. The number of carbonyl (C=O) groups excluding carboxylic acids is 1. The highest BCUT2D eigenvalue weighted by molar-refractivity contribution is 6.01. The van der Waals surface area contributed by atoms with Crippen LogP contribution in [0, 0.1) is 0 Å². The van der Waals surface area contributed by atoms with Crippen molar-refractivity contribution >= 4 is 34.0 Å². The summed E-state index contributed by atoms with van der Waals surface area (Å²) in [6.45, 7) is 5.32. The Labute approximate surface area is 184 Å². The summed E-state index contributed by atoms with van der Waals surface area (Å²) in [6.07, 6.45) is 5.90. The van der Waals surface area contributed by atoms with Gasteiger partial charge in [0.05, 0.1) is 0 Å². The van der Waals surface area contributed by atoms with E-state index in [4.69, 9.17) is 0 Å². The van der Waals surface area contributed by atoms with Gasteiger partial charge in [-0.3, -0.25) is 0 Å². The van der Waals surface area contributed by atoms with Crippen LogP contribution in [-0.2, 0) is 6.54 Å². The van der Waals surface area contributed by atoms with Gasteiger partial charge in [0.1, 0.15) is 0 Å². The molecular formula is C25H33N5O. The zero-order valence-corrected chi connectivity index (χ0v) is 18.8. The molecular weight excluding hydrogens is 386 g/mol. The second-order valence-corrected chi connectivity index (χ2v) is 8.75. The van der Waals surface area contributed by atoms with E-state index < -0.39 is 0 Å². The zero-order chi connectivity index (χ0) is 21.8. The summed E-state index contributed by atoms with van der Waals surface area (Å²) in [5.74, 6) is 0. The van der Waals surface area contributed by atoms with Crippen molar-refractivity contribution in [3.05, 3.63) is 54.7 Å². The van der Waals surface area contributed by atoms with Crippen molar-refractivity contribution in [3.63, 3.8) is 0 Å². The molecule has 1 fully saturated rings. The predicted molar refractivity (Wildman–Crippen MR) is 130 cm³/mol. The quantitative estimate of drug-likeness (QED) is 0.575. The number of benzene rings is 2. The number of fused-ring (bicyclic) bond motifs is 1. The lowest BCUT2D eigenvalue weighted by molar-refractivity contribution is 0.262. The number of urea groups is 1. The van der Waals surface area contributed by atoms with Gasteiger partial charge in [-0.15, -0.1) is 0 Å². The number of amides is 2. The maximum atomic E-state index is 12.5. The van der Waals surface area contributed by atoms with Crippen molar-refractivity contribution in [1.29, 1.82) is 0 Å². The van der Waals surface area contributed by atoms with Crippen molar-refractivity contribution in [3.8, 4) is 0 Å². The van der Waals surface area contributed by atoms with E-state index in [2.05, 4.69) is 76.5 Å². The zero-order valence-electron chi connectivity index (χ0n) is 18.8. The summed E-state index contributed by atoms with van der Waals surface area (Å²) in [4.78, 5) is 17.1. The number of rotatable bonds is 6. The normalized spacial score (nSPS) is 16.6. The van der Waals surface area contributed by atoms with Crippen LogP contribution in [0.5, 0.6) is 0 Å². The topological polar surface area (TPSA) is 52.5 Å². The van der Waals surface area contributed by atoms with E-state index in [9.17, 15) is 4.79 Å². The van der Waals surface area contributed by atoms with Gasteiger partial charge in [0.2, 0.25) is 0 Å². The molecule has 0 aliphatic carbocycles. The first-order chi connectivity index (χ1) is 15.0. The first kappa shape index (κ1) is 21.2. The second-order valence-electron chi connectivity index (χ2n) is 8.75. The molecule has 1 atom stereocenters. The summed E-state index contributed by atoms with van der Waals surface area (Å²) in [6, 6.07) is 16.6. The van der Waals surface area contributed by atoms with Crippen molar-refractivity contribution in [2.45, 2.75) is 38.8 Å². The van der Waals surface area contributed by atoms with Gasteiger partial charge in [0.15, 0.2) is 0 Å². The van der Waals surface area contributed by atoms with E-state index in [1.54, 1.807) is 0 Å². The standard InChI is InChI=1S/C25H33N5O/c1-19-6-4-5-14-30(19)23-10-7-21(8-11-23)26-25(31)27-22-9-12-24-20(18-22)13-15-29(24)17-16-28(2)3/h7-13,15,18-19H,4-6,14,16-17H2,1-3H3,(H2,26,27,31). The van der Waals surface area contributed by atoms with Gasteiger partial charge >= 0.3 is 6.03 Å². The van der Waals surface area contributed by atoms with E-state index in [1.807, 2.05) is 24.3 Å². The highest BCUT2D eigenvalue weighted by Crippen LogP contribution is 2.26. The molecule has 31 heavy (non-hydrogen) atoms. The molecule has 1 saturated heterocycles. The largest absolute Gasteiger partial charge is 0.369 e. The number of carbonyl (C=O) groups is 1. The van der Waals surface area contributed by atoms with Crippen LogP contribution in [0.4, 0.5) is 21.9 Å². The third-order valence-electron chi connectivity index (χ3n) is 6.08. The Bertz CT molecular complexity index is 1020. The molecule has 2 amide bonds. The summed E-state index contributed by atoms with van der Waals surface area (Å²) in [7, 11) is 4.15. The molecule has 164 valence electrons. The summed E-state index contributed by atoms with van der Waals surface area (Å²) >= 11 is 0. The molecule has 0 spiro atoms. The van der Waals surface area contributed by atoms with Gasteiger partial charge in [0.25, 0.3) is 0 Å². The number of nitrogens with zero attached hydrogens (tertiary/aromatic N) is 3. The fourth-order valence-electron chi connectivity index (χ4n) is 4.29. The number of piperidine rings is 1. The molecule has 0 radical (unpaired) electrons. The third kappa shape index (κ3) is 5.20. The smallest absolute Gasteiger partial charge is 0.323 e. The van der Waals surface area contributed by atoms with E-state index in [0.29, 0.717) is 6.04 Å². The van der Waals surface area contributed by atoms with Crippen LogP contribution in [0.2, 0.25) is 0 Å². The van der Waals surface area contributed by atoms with E-state index in [0.717, 1.165) is 36.4 Å². The second kappa shape index (κ2) is 9.43. The minimum Gasteiger partial charge on any atom is -0.369 e. The first-order valence-electron chi connectivity index (χ1n) is 11.2. The molecule has 1 unspecified atom stereocenters. The Morgan fingerprint density at radius 1 is 1.03 bits per heavy atom. The van der Waals surface area contributed by atoms with E-state index in [1.165, 1.54) is 30.5 Å². The maximum absolute atomic E-state index is 12.5. The lowest BCUT2D eigenvalue weighted by Crippen LogP contribution is -2.37. The Morgan fingerprint density at radius 3 is 2.52 bits per heavy atom. The Balaban J connectivity index is 1.36. The van der Waals surface area contributed by atoms with E-state index in [-0.39, 0.29) is 6.03 Å². The Kier molecular flexibility index (Phi) is 6.47. The summed E-state index contributed by atoms with van der Waals surface area (Å²) < 4.78 is 2.24. The molecule has 2 N–H and O–H groups in total. The molecule has 4 rings (SSSR count). The fourth-order valence-corrected chi connectivity index (χ4v) is 4.29. The van der Waals surface area contributed by atoms with Gasteiger partial charge < -0.3 is 25.0 Å². The van der Waals surface area contributed by atoms with Crippen LogP contribution in [0.15, 0.2) is 54.7 Å². The van der Waals surface area contributed by atoms with Crippen molar-refractivity contribution in [1.82, 2.24) is 9.47 Å². The number of nitrogens with one attached hydrogen (secondary N) is 2. The Hall–Kier alpha value is -2.99. The molecule has 0 bridgehead atoms. The van der Waals surface area contributed by atoms with Gasteiger partial charge in [-0.25, -0.2) is 4.79 Å².